The molecule has 0 spiro atoms. The number of hydrogen-bond acceptors (Lipinski definition) is 16. The maximum atomic E-state index is 13.9. The van der Waals surface area contributed by atoms with E-state index in [0.29, 0.717) is 42.0 Å². The molecule has 0 fully saturated rings. The monoisotopic (exact) mass is 1200 g/mol. The van der Waals surface area contributed by atoms with Crippen molar-refractivity contribution >= 4 is 46.4 Å². The van der Waals surface area contributed by atoms with E-state index in [1.54, 1.807) is 48.8 Å². The van der Waals surface area contributed by atoms with Gasteiger partial charge in [-0.3, -0.25) is 9.98 Å². The van der Waals surface area contributed by atoms with Crippen LogP contribution in [0.3, 0.4) is 0 Å². The van der Waals surface area contributed by atoms with Gasteiger partial charge in [-0.2, -0.15) is 9.59 Å². The molecule has 21 heteroatoms. The maximum Gasteiger partial charge on any atom is 3.00 e. The van der Waals surface area contributed by atoms with E-state index in [0.717, 1.165) is 46.0 Å². The van der Waals surface area contributed by atoms with Crippen LogP contribution in [0.1, 0.15) is 131 Å². The zero-order valence-corrected chi connectivity index (χ0v) is 48.9. The molecule has 0 atom stereocenters. The summed E-state index contributed by atoms with van der Waals surface area (Å²) in [4.78, 5) is 32.4. The van der Waals surface area contributed by atoms with E-state index in [9.17, 15) is 30.0 Å². The molecule has 8 rings (SSSR count). The van der Waals surface area contributed by atoms with Crippen LogP contribution in [0, 0.1) is 21.1 Å². The molecule has 80 heavy (non-hydrogen) atoms. The number of aliphatic imine (C=N–C) groups is 2. The fourth-order valence-electron chi connectivity index (χ4n) is 9.06. The van der Waals surface area contributed by atoms with E-state index in [4.69, 9.17) is 18.6 Å². The standard InChI is InChI=1S/C45H56N8O2.2C7H6O2.ClHO4.2Co/c1-42(2,3)28-44(7,8)32-22-30(40(54)38(24-32)52-48-34-16-11-12-17-35(34)49-52)26-46-20-15-21-47-27-31-23-33(45(9,10)29-43(4,5)6)25-39(41(31)55)53-50-36-18-13-14-19-37(36)51-53;2*8-7(9)6-4-2-1-3-5-6;2-1(3,4)5;;/h11-14,16-19,22-27,54-55H,15,20-21,28-29H2,1-10H3;2*1-5H,(H,8,9);(H,2,3,4,5);;/q;;;;+2;+3/p-5. The third kappa shape index (κ3) is 21.0. The second-order valence-corrected chi connectivity index (χ2v) is 22.9. The van der Waals surface area contributed by atoms with Gasteiger partial charge in [-0.25, -0.2) is 18.6 Å². The minimum Gasteiger partial charge on any atom is -0.871 e. The zero-order chi connectivity index (χ0) is 57.6. The number of carbonyl (C=O) groups is 2. The molecule has 0 amide bonds. The summed E-state index contributed by atoms with van der Waals surface area (Å²) in [6.07, 6.45) is 5.80. The van der Waals surface area contributed by atoms with Gasteiger partial charge in [0.05, 0.1) is 23.3 Å². The third-order valence-electron chi connectivity index (χ3n) is 11.8. The molecule has 18 nitrogen and oxygen atoms in total. The Morgan fingerprint density at radius 1 is 0.500 bits per heavy atom. The molecule has 0 aliphatic carbocycles. The van der Waals surface area contributed by atoms with Gasteiger partial charge in [0, 0.05) is 25.5 Å². The topological polar surface area (TPSA) is 305 Å². The van der Waals surface area contributed by atoms with Crippen molar-refractivity contribution in [1.82, 2.24) is 30.0 Å². The van der Waals surface area contributed by atoms with Crippen molar-refractivity contribution < 1.29 is 92.5 Å². The second-order valence-electron chi connectivity index (χ2n) is 22.1. The van der Waals surface area contributed by atoms with Crippen LogP contribution in [0.2, 0.25) is 0 Å². The van der Waals surface area contributed by atoms with Gasteiger partial charge in [0.15, 0.2) is 0 Å². The van der Waals surface area contributed by atoms with E-state index in [1.165, 1.54) is 33.9 Å². The van der Waals surface area contributed by atoms with Gasteiger partial charge < -0.3 is 30.0 Å². The van der Waals surface area contributed by atoms with E-state index >= 15 is 0 Å². The Labute approximate surface area is 489 Å². The molecule has 1 radical (unpaired) electrons. The van der Waals surface area contributed by atoms with Gasteiger partial charge >= 0.3 is 33.6 Å². The minimum atomic E-state index is -4.94. The minimum absolute atomic E-state index is 0. The number of fused-ring (bicyclic) bond motifs is 2. The summed E-state index contributed by atoms with van der Waals surface area (Å²) < 4.78 is 34.0. The van der Waals surface area contributed by atoms with E-state index in [-0.39, 0.29) is 77.8 Å². The predicted molar refractivity (Wildman–Crippen MR) is 282 cm³/mol. The van der Waals surface area contributed by atoms with Crippen molar-refractivity contribution in [1.29, 1.82) is 0 Å². The number of carbonyl (C=O) groups excluding carboxylic acids is 2. The van der Waals surface area contributed by atoms with Crippen molar-refractivity contribution in [3.63, 3.8) is 0 Å². The summed E-state index contributed by atoms with van der Waals surface area (Å²) in [6.45, 7) is 23.1. The molecule has 425 valence electrons. The first-order valence-corrected chi connectivity index (χ1v) is 26.1. The number of nitrogens with zero attached hydrogens (tertiary/aromatic N) is 8. The molecule has 0 saturated carbocycles. The van der Waals surface area contributed by atoms with Gasteiger partial charge in [0.1, 0.15) is 22.1 Å². The first-order valence-electron chi connectivity index (χ1n) is 24.9. The summed E-state index contributed by atoms with van der Waals surface area (Å²) in [5, 5.41) is 66.4. The molecule has 0 saturated heterocycles. The molecule has 2 aromatic heterocycles. The Bertz CT molecular complexity index is 3060. The number of rotatable bonds is 14. The third-order valence-corrected chi connectivity index (χ3v) is 11.8. The molecule has 2 heterocycles. The van der Waals surface area contributed by atoms with Gasteiger partial charge in [-0.05, 0) is 111 Å². The molecular formula is C59H64ClCo2N8O10. The number of halogens is 1. The normalized spacial score (nSPS) is 11.9. The van der Waals surface area contributed by atoms with Gasteiger partial charge in [-0.15, -0.1) is 30.6 Å². The largest absolute Gasteiger partial charge is 3.00 e. The van der Waals surface area contributed by atoms with Crippen LogP contribution in [-0.2, 0) is 44.4 Å². The smallest absolute Gasteiger partial charge is 0.871 e. The van der Waals surface area contributed by atoms with Crippen LogP contribution in [0.15, 0.2) is 143 Å². The molecule has 0 aliphatic rings. The molecule has 0 N–H and O–H groups in total. The van der Waals surface area contributed by atoms with E-state index < -0.39 is 22.2 Å². The number of benzene rings is 6. The first kappa shape index (κ1) is 67.4. The molecule has 0 bridgehead atoms. The maximum absolute atomic E-state index is 13.9. The van der Waals surface area contributed by atoms with Crippen molar-refractivity contribution in [3.8, 4) is 22.9 Å². The average Bonchev–Trinajstić information content (AvgIpc) is 3.98. The van der Waals surface area contributed by atoms with Gasteiger partial charge in [-0.1, -0.05) is 178 Å². The molecule has 6 aromatic carbocycles. The zero-order valence-electron chi connectivity index (χ0n) is 46.1. The Hall–Kier alpha value is -6.86. The molecule has 8 aromatic rings. The average molecular weight is 1200 g/mol. The fraction of sp³-hybridized carbons (Fsp3) is 0.322. The molecule has 0 unspecified atom stereocenters. The number of carboxylic acids is 2. The molecular weight excluding hydrogens is 1130 g/mol. The van der Waals surface area contributed by atoms with Crippen LogP contribution in [0.4, 0.5) is 0 Å². The predicted octanol–water partition coefficient (Wildman–Crippen LogP) is 4.00. The van der Waals surface area contributed by atoms with E-state index in [1.807, 2.05) is 72.8 Å². The second kappa shape index (κ2) is 29.0. The van der Waals surface area contributed by atoms with Crippen LogP contribution >= 0.6 is 0 Å². The van der Waals surface area contributed by atoms with Crippen LogP contribution in [0.25, 0.3) is 33.4 Å². The number of aromatic nitrogens is 6. The van der Waals surface area contributed by atoms with Crippen LogP contribution < -0.4 is 39.1 Å². The fourth-order valence-corrected chi connectivity index (χ4v) is 9.06. The van der Waals surface area contributed by atoms with Gasteiger partial charge in [0.2, 0.25) is 0 Å². The van der Waals surface area contributed by atoms with Crippen LogP contribution in [0.5, 0.6) is 11.5 Å². The first-order chi connectivity index (χ1) is 36.4. The number of carboxylic acid groups (broad SMARTS) is 2. The van der Waals surface area contributed by atoms with Gasteiger partial charge in [0.25, 0.3) is 0 Å². The molecule has 0 aliphatic heterocycles. The summed E-state index contributed by atoms with van der Waals surface area (Å²) in [5.41, 5.74) is 6.93. The summed E-state index contributed by atoms with van der Waals surface area (Å²) in [6, 6.07) is 39.1. The SMILES string of the molecule is CC(C)(C)CC(C)(C)c1cc(C=NCCCN=Cc2cc(C(C)(C)CC(C)(C)C)cc(-n3nc4ccccc4n3)c2[O-])c([O-])c(-n2nc3ccccc3n2)c1.O=C([O-])c1ccccc1.O=C([O-])c1ccccc1.[Co+2].[Co+3].[O-][Cl+3]([O-])([O-])[O-]. The number of aromatic carboxylic acids is 2. The summed E-state index contributed by atoms with van der Waals surface area (Å²) >= 11 is 0. The van der Waals surface area contributed by atoms with Crippen molar-refractivity contribution in [2.75, 3.05) is 13.1 Å². The van der Waals surface area contributed by atoms with Crippen molar-refractivity contribution in [3.05, 3.63) is 167 Å². The van der Waals surface area contributed by atoms with Crippen molar-refractivity contribution in [2.45, 2.75) is 99.3 Å². The summed E-state index contributed by atoms with van der Waals surface area (Å²) in [5.74, 6) is -2.61. The Morgan fingerprint density at radius 2 is 0.775 bits per heavy atom. The van der Waals surface area contributed by atoms with E-state index in [2.05, 4.69) is 99.6 Å². The Kier molecular flexibility index (Phi) is 24.5. The number of hydrogen-bond donors (Lipinski definition) is 0. The van der Waals surface area contributed by atoms with Crippen molar-refractivity contribution in [2.24, 2.45) is 20.8 Å². The van der Waals surface area contributed by atoms with Crippen LogP contribution in [-0.4, -0.2) is 67.4 Å². The Morgan fingerprint density at radius 3 is 1.02 bits per heavy atom. The summed E-state index contributed by atoms with van der Waals surface area (Å²) in [7, 11) is -4.94. The quantitative estimate of drug-likeness (QED) is 0.110. The Balaban J connectivity index is 0.000000555.